The van der Waals surface area contributed by atoms with Gasteiger partial charge < -0.3 is 47.7 Å². The molecule has 0 amide bonds. The summed E-state index contributed by atoms with van der Waals surface area (Å²) in [6, 6.07) is 20.4. The fourth-order valence-corrected chi connectivity index (χ4v) is 6.70. The molecule has 0 unspecified atom stereocenters. The van der Waals surface area contributed by atoms with E-state index in [1.807, 2.05) is 56.3 Å². The van der Waals surface area contributed by atoms with Gasteiger partial charge in [0.25, 0.3) is 0 Å². The molecule has 0 aliphatic rings. The molecule has 12 nitrogen and oxygen atoms in total. The van der Waals surface area contributed by atoms with Crippen LogP contribution in [0.15, 0.2) is 66.7 Å². The number of para-hydroxylation sites is 2. The third kappa shape index (κ3) is 9.12. The quantitative estimate of drug-likeness (QED) is 0.0912. The number of aromatic hydroxyl groups is 1. The minimum atomic E-state index is -0.0484. The van der Waals surface area contributed by atoms with Gasteiger partial charge in [-0.25, -0.2) is 0 Å². The summed E-state index contributed by atoms with van der Waals surface area (Å²) in [6.45, 7) is 4.16. The second-order valence-corrected chi connectivity index (χ2v) is 12.5. The minimum Gasteiger partial charge on any atom is -0.507 e. The Morgan fingerprint density at radius 3 is 1.30 bits per heavy atom. The highest BCUT2D eigenvalue weighted by Gasteiger charge is 2.28. The number of methoxy groups -OCH3 is 8. The SMILES string of the molecule is COc1c(C)c(Cc2cccc(C=O)c2O)c(OC)c(OC)c1OC.COc1c(C)c(Cc2cccc(C=O)c2OCc2ccccc2)c(OC)c(OC)c1OC. The number of phenolic OH excluding ortho intramolecular Hbond substituents is 1. The van der Waals surface area contributed by atoms with Crippen LogP contribution in [0, 0.1) is 13.8 Å². The zero-order valence-electron chi connectivity index (χ0n) is 34.1. The van der Waals surface area contributed by atoms with Crippen LogP contribution in [-0.2, 0) is 19.4 Å². The topological polar surface area (TPSA) is 137 Å². The van der Waals surface area contributed by atoms with Gasteiger partial charge in [-0.05, 0) is 42.7 Å². The van der Waals surface area contributed by atoms with Crippen molar-refractivity contribution in [1.82, 2.24) is 0 Å². The van der Waals surface area contributed by atoms with Crippen molar-refractivity contribution in [1.29, 1.82) is 0 Å². The highest BCUT2D eigenvalue weighted by atomic mass is 16.6. The van der Waals surface area contributed by atoms with Gasteiger partial charge in [0.1, 0.15) is 18.1 Å². The monoisotopic (exact) mass is 782 g/mol. The van der Waals surface area contributed by atoms with Gasteiger partial charge in [0.05, 0.1) is 68.0 Å². The number of hydrogen-bond donors (Lipinski definition) is 1. The van der Waals surface area contributed by atoms with Crippen LogP contribution in [0.3, 0.4) is 0 Å². The van der Waals surface area contributed by atoms with E-state index in [-0.39, 0.29) is 11.3 Å². The van der Waals surface area contributed by atoms with Crippen molar-refractivity contribution in [2.24, 2.45) is 0 Å². The third-order valence-electron chi connectivity index (χ3n) is 9.50. The Kier molecular flexibility index (Phi) is 15.4. The molecular weight excluding hydrogens is 732 g/mol. The number of hydrogen-bond acceptors (Lipinski definition) is 12. The van der Waals surface area contributed by atoms with E-state index in [2.05, 4.69) is 0 Å². The average molecular weight is 783 g/mol. The molecule has 0 bridgehead atoms. The van der Waals surface area contributed by atoms with E-state index in [1.54, 1.807) is 59.8 Å². The lowest BCUT2D eigenvalue weighted by Crippen LogP contribution is -2.07. The van der Waals surface area contributed by atoms with Gasteiger partial charge in [0, 0.05) is 35.1 Å². The van der Waals surface area contributed by atoms with Gasteiger partial charge in [0.15, 0.2) is 35.6 Å². The zero-order valence-corrected chi connectivity index (χ0v) is 34.1. The van der Waals surface area contributed by atoms with Crippen molar-refractivity contribution in [2.45, 2.75) is 33.3 Å². The number of ether oxygens (including phenoxy) is 9. The minimum absolute atomic E-state index is 0.0484. The maximum Gasteiger partial charge on any atom is 0.207 e. The van der Waals surface area contributed by atoms with Gasteiger partial charge >= 0.3 is 0 Å². The number of phenols is 1. The fraction of sp³-hybridized carbons (Fsp3) is 0.289. The molecule has 0 aliphatic carbocycles. The number of carbonyl (C=O) groups is 2. The molecule has 0 spiro atoms. The molecule has 0 fully saturated rings. The van der Waals surface area contributed by atoms with Crippen molar-refractivity contribution in [3.8, 4) is 57.5 Å². The molecule has 5 aromatic carbocycles. The first kappa shape index (κ1) is 43.2. The van der Waals surface area contributed by atoms with Gasteiger partial charge in [-0.2, -0.15) is 0 Å². The predicted molar refractivity (Wildman–Crippen MR) is 216 cm³/mol. The predicted octanol–water partition coefficient (Wildman–Crippen LogP) is 8.15. The van der Waals surface area contributed by atoms with Crippen LogP contribution >= 0.6 is 0 Å². The van der Waals surface area contributed by atoms with Crippen molar-refractivity contribution in [3.05, 3.63) is 117 Å². The highest BCUT2D eigenvalue weighted by Crippen LogP contribution is 2.51. The van der Waals surface area contributed by atoms with E-state index in [9.17, 15) is 14.7 Å². The van der Waals surface area contributed by atoms with Crippen LogP contribution in [0.2, 0.25) is 0 Å². The standard InChI is InChI=1S/C26H28O6.C19H22O6/c1-17-21(24(29-3)26(31-5)25(30-4)22(17)28-2)14-19-12-9-13-20(15-27)23(19)32-16-18-10-7-6-8-11-18;1-11-14(9-12-7-6-8-13(10-20)15(12)21)17(23-3)19(25-5)18(24-4)16(11)22-2/h6-13,15H,14,16H2,1-5H3;6-8,10,21H,9H2,1-5H3. The molecule has 0 saturated heterocycles. The summed E-state index contributed by atoms with van der Waals surface area (Å²) in [5.74, 6) is 4.40. The Bertz CT molecular complexity index is 2160. The maximum atomic E-state index is 11.8. The summed E-state index contributed by atoms with van der Waals surface area (Å²) < 4.78 is 50.5. The first-order valence-corrected chi connectivity index (χ1v) is 17.8. The molecule has 0 atom stereocenters. The Hall–Kier alpha value is -6.56. The van der Waals surface area contributed by atoms with E-state index in [4.69, 9.17) is 42.6 Å². The van der Waals surface area contributed by atoms with Crippen LogP contribution in [0.4, 0.5) is 0 Å². The van der Waals surface area contributed by atoms with Gasteiger partial charge in [-0.15, -0.1) is 0 Å². The molecule has 5 rings (SSSR count). The molecule has 0 aliphatic heterocycles. The van der Waals surface area contributed by atoms with Crippen LogP contribution in [0.5, 0.6) is 57.5 Å². The first-order chi connectivity index (χ1) is 27.6. The van der Waals surface area contributed by atoms with Crippen LogP contribution in [0.25, 0.3) is 0 Å². The summed E-state index contributed by atoms with van der Waals surface area (Å²) in [7, 11) is 12.4. The van der Waals surface area contributed by atoms with Gasteiger partial charge in [-0.3, -0.25) is 9.59 Å². The largest absolute Gasteiger partial charge is 0.507 e. The first-order valence-electron chi connectivity index (χ1n) is 17.8. The van der Waals surface area contributed by atoms with Crippen LogP contribution in [-0.4, -0.2) is 74.6 Å². The van der Waals surface area contributed by atoms with E-state index >= 15 is 0 Å². The Labute approximate surface area is 333 Å². The number of rotatable bonds is 17. The highest BCUT2D eigenvalue weighted by molar-refractivity contribution is 5.81. The summed E-state index contributed by atoms with van der Waals surface area (Å²) in [5, 5.41) is 10.3. The van der Waals surface area contributed by atoms with E-state index < -0.39 is 0 Å². The second-order valence-electron chi connectivity index (χ2n) is 12.5. The molecule has 0 aromatic heterocycles. The molecule has 0 heterocycles. The smallest absolute Gasteiger partial charge is 0.207 e. The Morgan fingerprint density at radius 1 is 0.456 bits per heavy atom. The van der Waals surface area contributed by atoms with Crippen molar-refractivity contribution in [2.75, 3.05) is 56.9 Å². The van der Waals surface area contributed by atoms with Crippen molar-refractivity contribution < 1.29 is 57.3 Å². The van der Waals surface area contributed by atoms with Gasteiger partial charge in [0.2, 0.25) is 23.0 Å². The molecular formula is C45H50O12. The Balaban J connectivity index is 0.000000261. The lowest BCUT2D eigenvalue weighted by atomic mass is 9.95. The number of aldehydes is 2. The molecule has 0 saturated carbocycles. The van der Waals surface area contributed by atoms with Crippen LogP contribution < -0.4 is 42.6 Å². The van der Waals surface area contributed by atoms with E-state index in [0.29, 0.717) is 88.6 Å². The third-order valence-corrected chi connectivity index (χ3v) is 9.50. The second kappa shape index (κ2) is 20.4. The van der Waals surface area contributed by atoms with Crippen molar-refractivity contribution >= 4 is 12.6 Å². The lowest BCUT2D eigenvalue weighted by molar-refractivity contribution is 0.111. The molecule has 1 N–H and O–H groups in total. The van der Waals surface area contributed by atoms with Gasteiger partial charge in [-0.1, -0.05) is 54.6 Å². The lowest BCUT2D eigenvalue weighted by Gasteiger charge is -2.22. The maximum absolute atomic E-state index is 11.8. The number of carbonyl (C=O) groups excluding carboxylic acids is 2. The summed E-state index contributed by atoms with van der Waals surface area (Å²) >= 11 is 0. The summed E-state index contributed by atoms with van der Waals surface area (Å²) in [6.07, 6.45) is 2.21. The molecule has 0 radical (unpaired) electrons. The fourth-order valence-electron chi connectivity index (χ4n) is 6.70. The number of benzene rings is 5. The van der Waals surface area contributed by atoms with Crippen LogP contribution in [0.1, 0.15) is 59.7 Å². The Morgan fingerprint density at radius 2 is 0.860 bits per heavy atom. The summed E-state index contributed by atoms with van der Waals surface area (Å²) in [4.78, 5) is 22.8. The average Bonchev–Trinajstić information content (AvgIpc) is 3.24. The molecule has 5 aromatic rings. The zero-order chi connectivity index (χ0) is 41.6. The van der Waals surface area contributed by atoms with E-state index in [1.165, 1.54) is 21.3 Å². The molecule has 302 valence electrons. The summed E-state index contributed by atoms with van der Waals surface area (Å²) in [5.41, 5.74) is 6.47. The molecule has 57 heavy (non-hydrogen) atoms. The normalized spacial score (nSPS) is 10.4. The molecule has 12 heteroatoms. The van der Waals surface area contributed by atoms with Crippen molar-refractivity contribution in [3.63, 3.8) is 0 Å². The van der Waals surface area contributed by atoms with E-state index in [0.717, 1.165) is 39.7 Å².